The van der Waals surface area contributed by atoms with Crippen LogP contribution in [-0.4, -0.2) is 55.5 Å². The van der Waals surface area contributed by atoms with E-state index < -0.39 is 10.0 Å². The summed E-state index contributed by atoms with van der Waals surface area (Å²) in [5, 5.41) is 5.95. The highest BCUT2D eigenvalue weighted by atomic mass is 32.2. The molecule has 0 amide bonds. The minimum Gasteiger partial charge on any atom is -0.363 e. The van der Waals surface area contributed by atoms with Crippen molar-refractivity contribution >= 4 is 38.1 Å². The molecule has 2 aromatic rings. The van der Waals surface area contributed by atoms with Gasteiger partial charge in [-0.1, -0.05) is 43.7 Å². The molecular formula is C19H25N3O2S2. The van der Waals surface area contributed by atoms with Gasteiger partial charge in [-0.3, -0.25) is 0 Å². The van der Waals surface area contributed by atoms with E-state index in [1.54, 1.807) is 16.4 Å². The third-order valence-electron chi connectivity index (χ3n) is 4.69. The highest BCUT2D eigenvalue weighted by Gasteiger charge is 2.29. The Hall–Kier alpha value is -1.70. The summed E-state index contributed by atoms with van der Waals surface area (Å²) in [5.41, 5.74) is 0. The number of sulfonamides is 1. The third-order valence-corrected chi connectivity index (χ3v) is 6.99. The van der Waals surface area contributed by atoms with Gasteiger partial charge in [0.05, 0.1) is 4.90 Å². The summed E-state index contributed by atoms with van der Waals surface area (Å²) in [6.45, 7) is 5.14. The summed E-state index contributed by atoms with van der Waals surface area (Å²) in [6, 6.07) is 13.1. The molecule has 5 nitrogen and oxygen atoms in total. The maximum atomic E-state index is 13.0. The quantitative estimate of drug-likeness (QED) is 0.627. The smallest absolute Gasteiger partial charge is 0.243 e. The fourth-order valence-electron chi connectivity index (χ4n) is 3.09. The Bertz CT molecular complexity index is 875. The Morgan fingerprint density at radius 1 is 1.08 bits per heavy atom. The van der Waals surface area contributed by atoms with Gasteiger partial charge in [0.25, 0.3) is 0 Å². The fourth-order valence-corrected chi connectivity index (χ4v) is 4.84. The number of benzene rings is 2. The Labute approximate surface area is 161 Å². The van der Waals surface area contributed by atoms with Crippen molar-refractivity contribution in [1.82, 2.24) is 14.5 Å². The third kappa shape index (κ3) is 4.16. The van der Waals surface area contributed by atoms with Gasteiger partial charge < -0.3 is 10.2 Å². The van der Waals surface area contributed by atoms with Crippen LogP contribution < -0.4 is 5.32 Å². The number of hydrogen-bond acceptors (Lipinski definition) is 3. The molecule has 1 heterocycles. The van der Waals surface area contributed by atoms with E-state index in [-0.39, 0.29) is 0 Å². The van der Waals surface area contributed by atoms with Crippen molar-refractivity contribution in [3.63, 3.8) is 0 Å². The number of nitrogens with zero attached hydrogens (tertiary/aromatic N) is 2. The van der Waals surface area contributed by atoms with Gasteiger partial charge in [-0.15, -0.1) is 0 Å². The van der Waals surface area contributed by atoms with Crippen LogP contribution in [0.1, 0.15) is 19.8 Å². The molecule has 1 aliphatic rings. The second-order valence-corrected chi connectivity index (χ2v) is 8.81. The number of piperazine rings is 1. The molecule has 3 rings (SSSR count). The van der Waals surface area contributed by atoms with Crippen molar-refractivity contribution in [3.8, 4) is 0 Å². The fraction of sp³-hybridized carbons (Fsp3) is 0.421. The van der Waals surface area contributed by atoms with E-state index in [1.165, 1.54) is 0 Å². The predicted octanol–water partition coefficient (Wildman–Crippen LogP) is 2.82. The van der Waals surface area contributed by atoms with Gasteiger partial charge in [0, 0.05) is 32.7 Å². The molecule has 1 fully saturated rings. The van der Waals surface area contributed by atoms with Gasteiger partial charge in [0.2, 0.25) is 10.0 Å². The highest BCUT2D eigenvalue weighted by Crippen LogP contribution is 2.22. The molecule has 1 N–H and O–H groups in total. The minimum atomic E-state index is -3.48. The standard InChI is InChI=1S/C19H25N3O2S2/c1-2-3-10-20-19(25)21-11-13-22(14-12-21)26(23,24)18-9-8-16-6-4-5-7-17(16)15-18/h4-9,15H,2-3,10-14H2,1H3,(H,20,25). The van der Waals surface area contributed by atoms with E-state index in [9.17, 15) is 8.42 Å². The van der Waals surface area contributed by atoms with E-state index in [4.69, 9.17) is 12.2 Å². The van der Waals surface area contributed by atoms with Crippen molar-refractivity contribution in [2.24, 2.45) is 0 Å². The van der Waals surface area contributed by atoms with E-state index >= 15 is 0 Å². The van der Waals surface area contributed by atoms with Gasteiger partial charge in [0.15, 0.2) is 5.11 Å². The zero-order valence-corrected chi connectivity index (χ0v) is 16.7. The summed E-state index contributed by atoms with van der Waals surface area (Å²) < 4.78 is 27.5. The van der Waals surface area contributed by atoms with E-state index in [1.807, 2.05) is 30.3 Å². The molecule has 7 heteroatoms. The molecule has 0 unspecified atom stereocenters. The molecule has 0 spiro atoms. The first kappa shape index (κ1) is 19.1. The van der Waals surface area contributed by atoms with Crippen LogP contribution in [0.4, 0.5) is 0 Å². The van der Waals surface area contributed by atoms with Crippen LogP contribution in [0.3, 0.4) is 0 Å². The average Bonchev–Trinajstić information content (AvgIpc) is 2.67. The minimum absolute atomic E-state index is 0.355. The SMILES string of the molecule is CCCCNC(=S)N1CCN(S(=O)(=O)c2ccc3ccccc3c2)CC1. The molecule has 140 valence electrons. The summed E-state index contributed by atoms with van der Waals surface area (Å²) in [7, 11) is -3.48. The van der Waals surface area contributed by atoms with E-state index in [0.717, 1.165) is 35.3 Å². The second kappa shape index (κ2) is 8.33. The lowest BCUT2D eigenvalue weighted by molar-refractivity contribution is 0.264. The van der Waals surface area contributed by atoms with Crippen molar-refractivity contribution in [1.29, 1.82) is 0 Å². The van der Waals surface area contributed by atoms with Gasteiger partial charge in [-0.2, -0.15) is 4.31 Å². The average molecular weight is 392 g/mol. The number of nitrogens with one attached hydrogen (secondary N) is 1. The summed E-state index contributed by atoms with van der Waals surface area (Å²) in [6.07, 6.45) is 2.20. The van der Waals surface area contributed by atoms with Crippen LogP contribution in [0.5, 0.6) is 0 Å². The maximum Gasteiger partial charge on any atom is 0.243 e. The van der Waals surface area contributed by atoms with Crippen LogP contribution in [0.2, 0.25) is 0 Å². The molecule has 1 aliphatic heterocycles. The number of thiocarbonyl (C=S) groups is 1. The first-order valence-corrected chi connectivity index (χ1v) is 10.9. The highest BCUT2D eigenvalue weighted by molar-refractivity contribution is 7.89. The van der Waals surface area contributed by atoms with Crippen LogP contribution in [0, 0.1) is 0 Å². The molecule has 2 aromatic carbocycles. The zero-order chi connectivity index (χ0) is 18.6. The van der Waals surface area contributed by atoms with Gasteiger partial charge in [-0.25, -0.2) is 8.42 Å². The normalized spacial score (nSPS) is 16.0. The first-order chi connectivity index (χ1) is 12.5. The molecule has 0 atom stereocenters. The Morgan fingerprint density at radius 2 is 1.77 bits per heavy atom. The van der Waals surface area contributed by atoms with Crippen molar-refractivity contribution < 1.29 is 8.42 Å². The molecule has 1 saturated heterocycles. The summed E-state index contributed by atoms with van der Waals surface area (Å²) >= 11 is 5.41. The first-order valence-electron chi connectivity index (χ1n) is 9.04. The summed E-state index contributed by atoms with van der Waals surface area (Å²) in [5.74, 6) is 0. The number of rotatable bonds is 5. The van der Waals surface area contributed by atoms with Crippen LogP contribution in [0.15, 0.2) is 47.4 Å². The largest absolute Gasteiger partial charge is 0.363 e. The lowest BCUT2D eigenvalue weighted by atomic mass is 10.1. The number of hydrogen-bond donors (Lipinski definition) is 1. The molecule has 26 heavy (non-hydrogen) atoms. The molecule has 0 aliphatic carbocycles. The molecule has 0 aromatic heterocycles. The lowest BCUT2D eigenvalue weighted by Gasteiger charge is -2.35. The maximum absolute atomic E-state index is 13.0. The van der Waals surface area contributed by atoms with Gasteiger partial charge in [-0.05, 0) is 41.5 Å². The monoisotopic (exact) mass is 391 g/mol. The Kier molecular flexibility index (Phi) is 6.11. The second-order valence-electron chi connectivity index (χ2n) is 6.49. The number of unbranched alkanes of at least 4 members (excludes halogenated alkanes) is 1. The summed E-state index contributed by atoms with van der Waals surface area (Å²) in [4.78, 5) is 2.41. The van der Waals surface area contributed by atoms with Crippen molar-refractivity contribution in [2.75, 3.05) is 32.7 Å². The van der Waals surface area contributed by atoms with Crippen molar-refractivity contribution in [3.05, 3.63) is 42.5 Å². The van der Waals surface area contributed by atoms with E-state index in [2.05, 4.69) is 17.1 Å². The molecule has 0 bridgehead atoms. The Balaban J connectivity index is 1.66. The van der Waals surface area contributed by atoms with Gasteiger partial charge >= 0.3 is 0 Å². The predicted molar refractivity (Wildman–Crippen MR) is 110 cm³/mol. The van der Waals surface area contributed by atoms with E-state index in [0.29, 0.717) is 31.1 Å². The molecular weight excluding hydrogens is 366 g/mol. The zero-order valence-electron chi connectivity index (χ0n) is 15.0. The van der Waals surface area contributed by atoms with Gasteiger partial charge in [0.1, 0.15) is 0 Å². The van der Waals surface area contributed by atoms with Crippen LogP contribution in [-0.2, 0) is 10.0 Å². The molecule has 0 saturated carbocycles. The molecule has 0 radical (unpaired) electrons. The van der Waals surface area contributed by atoms with Crippen molar-refractivity contribution in [2.45, 2.75) is 24.7 Å². The Morgan fingerprint density at radius 3 is 2.46 bits per heavy atom. The van der Waals surface area contributed by atoms with Crippen LogP contribution in [0.25, 0.3) is 10.8 Å². The topological polar surface area (TPSA) is 52.6 Å². The lowest BCUT2D eigenvalue weighted by Crippen LogP contribution is -2.53. The van der Waals surface area contributed by atoms with Crippen LogP contribution >= 0.6 is 12.2 Å². The number of fused-ring (bicyclic) bond motifs is 1.